The zero-order valence-electron chi connectivity index (χ0n) is 16.1. The van der Waals surface area contributed by atoms with Crippen molar-refractivity contribution < 1.29 is 23.9 Å². The zero-order chi connectivity index (χ0) is 20.7. The highest BCUT2D eigenvalue weighted by molar-refractivity contribution is 6.22. The third-order valence-electron chi connectivity index (χ3n) is 5.35. The summed E-state index contributed by atoms with van der Waals surface area (Å²) in [6, 6.07) is 12.9. The second kappa shape index (κ2) is 7.16. The average Bonchev–Trinajstić information content (AvgIpc) is 3.26. The average molecular weight is 392 g/mol. The van der Waals surface area contributed by atoms with Crippen molar-refractivity contribution in [2.24, 2.45) is 0 Å². The van der Waals surface area contributed by atoms with Crippen molar-refractivity contribution in [1.29, 1.82) is 0 Å². The fourth-order valence-electron chi connectivity index (χ4n) is 3.77. The Hall–Kier alpha value is -3.48. The molecule has 2 aromatic rings. The van der Waals surface area contributed by atoms with Gasteiger partial charge >= 0.3 is 5.97 Å². The quantitative estimate of drug-likeness (QED) is 0.588. The van der Waals surface area contributed by atoms with Crippen molar-refractivity contribution >= 4 is 29.4 Å². The van der Waals surface area contributed by atoms with Gasteiger partial charge in [0.25, 0.3) is 17.7 Å². The SMILES string of the molecule is C[C@H](C(=O)O[C@H](C)C(=O)N1CCc2ccccc21)N1C(=O)c2ccccc2C1=O. The minimum atomic E-state index is -1.14. The first kappa shape index (κ1) is 18.9. The third-order valence-corrected chi connectivity index (χ3v) is 5.35. The molecule has 0 aromatic heterocycles. The molecule has 0 aliphatic carbocycles. The number of amides is 3. The van der Waals surface area contributed by atoms with Crippen molar-refractivity contribution in [3.05, 3.63) is 65.2 Å². The Morgan fingerprint density at radius 3 is 2.17 bits per heavy atom. The largest absolute Gasteiger partial charge is 0.451 e. The number of ether oxygens (including phenoxy) is 1. The van der Waals surface area contributed by atoms with Crippen LogP contribution < -0.4 is 4.90 Å². The van der Waals surface area contributed by atoms with Crippen molar-refractivity contribution in [3.8, 4) is 0 Å². The normalized spacial score (nSPS) is 17.0. The molecule has 2 aliphatic rings. The van der Waals surface area contributed by atoms with E-state index >= 15 is 0 Å². The maximum Gasteiger partial charge on any atom is 0.329 e. The van der Waals surface area contributed by atoms with Crippen LogP contribution in [0.15, 0.2) is 48.5 Å². The van der Waals surface area contributed by atoms with E-state index in [0.29, 0.717) is 6.54 Å². The van der Waals surface area contributed by atoms with Gasteiger partial charge in [-0.25, -0.2) is 4.79 Å². The molecule has 0 radical (unpaired) electrons. The summed E-state index contributed by atoms with van der Waals surface area (Å²) in [5.41, 5.74) is 2.40. The molecule has 3 amide bonds. The number of esters is 1. The summed E-state index contributed by atoms with van der Waals surface area (Å²) >= 11 is 0. The van der Waals surface area contributed by atoms with Gasteiger partial charge in [0.05, 0.1) is 11.1 Å². The fraction of sp³-hybridized carbons (Fsp3) is 0.273. The molecule has 148 valence electrons. The van der Waals surface area contributed by atoms with E-state index in [-0.39, 0.29) is 17.0 Å². The Bertz CT molecular complexity index is 996. The molecule has 0 fully saturated rings. The molecule has 2 heterocycles. The molecule has 0 bridgehead atoms. The van der Waals surface area contributed by atoms with Crippen LogP contribution in [0.2, 0.25) is 0 Å². The number of benzene rings is 2. The van der Waals surface area contributed by atoms with E-state index in [2.05, 4.69) is 0 Å². The van der Waals surface area contributed by atoms with Crippen LogP contribution in [0.4, 0.5) is 5.69 Å². The fourth-order valence-corrected chi connectivity index (χ4v) is 3.77. The van der Waals surface area contributed by atoms with Gasteiger partial charge in [-0.1, -0.05) is 30.3 Å². The van der Waals surface area contributed by atoms with Crippen molar-refractivity contribution in [3.63, 3.8) is 0 Å². The number of carbonyl (C=O) groups excluding carboxylic acids is 4. The molecule has 2 atom stereocenters. The van der Waals surface area contributed by atoms with Gasteiger partial charge in [0.2, 0.25) is 0 Å². The second-order valence-electron chi connectivity index (χ2n) is 7.15. The number of rotatable bonds is 4. The van der Waals surface area contributed by atoms with Gasteiger partial charge in [0, 0.05) is 12.2 Å². The molecule has 2 aliphatic heterocycles. The standard InChI is InChI=1S/C22H20N2O5/c1-13(24-20(26)16-8-4-5-9-17(16)21(24)27)22(28)29-14(2)19(25)23-12-11-15-7-3-6-10-18(15)23/h3-10,13-14H,11-12H2,1-2H3/t13-,14-/m1/s1. The Morgan fingerprint density at radius 1 is 0.931 bits per heavy atom. The first-order chi connectivity index (χ1) is 13.9. The summed E-state index contributed by atoms with van der Waals surface area (Å²) in [6.07, 6.45) is -0.292. The van der Waals surface area contributed by atoms with E-state index in [0.717, 1.165) is 22.6 Å². The minimum absolute atomic E-state index is 0.259. The lowest BCUT2D eigenvalue weighted by atomic mass is 10.1. The molecule has 0 N–H and O–H groups in total. The van der Waals surface area contributed by atoms with Gasteiger partial charge in [-0.3, -0.25) is 19.3 Å². The van der Waals surface area contributed by atoms with Crippen molar-refractivity contribution in [2.75, 3.05) is 11.4 Å². The topological polar surface area (TPSA) is 84.0 Å². The van der Waals surface area contributed by atoms with Gasteiger partial charge in [-0.15, -0.1) is 0 Å². The molecule has 0 saturated carbocycles. The van der Waals surface area contributed by atoms with Crippen molar-refractivity contribution in [2.45, 2.75) is 32.4 Å². The monoisotopic (exact) mass is 392 g/mol. The molecule has 7 heteroatoms. The lowest BCUT2D eigenvalue weighted by Crippen LogP contribution is -2.46. The Kier molecular flexibility index (Phi) is 4.66. The number of nitrogens with zero attached hydrogens (tertiary/aromatic N) is 2. The maximum atomic E-state index is 12.8. The molecule has 0 spiro atoms. The molecule has 0 saturated heterocycles. The number of fused-ring (bicyclic) bond motifs is 2. The Morgan fingerprint density at radius 2 is 1.52 bits per heavy atom. The molecule has 4 rings (SSSR count). The molecule has 7 nitrogen and oxygen atoms in total. The Labute approximate surface area is 167 Å². The lowest BCUT2D eigenvalue weighted by Gasteiger charge is -2.25. The number of hydrogen-bond donors (Lipinski definition) is 0. The van der Waals surface area contributed by atoms with Crippen LogP contribution in [-0.2, 0) is 20.7 Å². The summed E-state index contributed by atoms with van der Waals surface area (Å²) < 4.78 is 5.33. The maximum absolute atomic E-state index is 12.8. The van der Waals surface area contributed by atoms with Crippen molar-refractivity contribution in [1.82, 2.24) is 4.90 Å². The number of anilines is 1. The number of carbonyl (C=O) groups is 4. The third kappa shape index (κ3) is 3.08. The minimum Gasteiger partial charge on any atom is -0.451 e. The Balaban J connectivity index is 1.45. The summed E-state index contributed by atoms with van der Waals surface area (Å²) in [4.78, 5) is 53.0. The van der Waals surface area contributed by atoms with Crippen LogP contribution in [0.1, 0.15) is 40.1 Å². The highest BCUT2D eigenvalue weighted by Crippen LogP contribution is 2.29. The number of hydrogen-bond acceptors (Lipinski definition) is 5. The predicted octanol–water partition coefficient (Wildman–Crippen LogP) is 2.19. The van der Waals surface area contributed by atoms with E-state index in [1.54, 1.807) is 29.2 Å². The first-order valence-electron chi connectivity index (χ1n) is 9.47. The van der Waals surface area contributed by atoms with Gasteiger partial charge in [0.1, 0.15) is 6.04 Å². The highest BCUT2D eigenvalue weighted by Gasteiger charge is 2.42. The number of para-hydroxylation sites is 1. The summed E-state index contributed by atoms with van der Waals surface area (Å²) in [5.74, 6) is -2.21. The van der Waals surface area contributed by atoms with E-state index in [1.807, 2.05) is 24.3 Å². The van der Waals surface area contributed by atoms with Gasteiger partial charge in [0.15, 0.2) is 6.10 Å². The van der Waals surface area contributed by atoms with Crippen LogP contribution in [0.5, 0.6) is 0 Å². The van der Waals surface area contributed by atoms with Crippen LogP contribution in [0, 0.1) is 0 Å². The molecular formula is C22H20N2O5. The first-order valence-corrected chi connectivity index (χ1v) is 9.47. The summed E-state index contributed by atoms with van der Waals surface area (Å²) in [7, 11) is 0. The van der Waals surface area contributed by atoms with Crippen LogP contribution >= 0.6 is 0 Å². The van der Waals surface area contributed by atoms with Crippen LogP contribution in [-0.4, -0.2) is 47.3 Å². The number of imide groups is 1. The summed E-state index contributed by atoms with van der Waals surface area (Å²) in [5, 5.41) is 0. The van der Waals surface area contributed by atoms with Gasteiger partial charge < -0.3 is 9.64 Å². The summed E-state index contributed by atoms with van der Waals surface area (Å²) in [6.45, 7) is 3.44. The zero-order valence-corrected chi connectivity index (χ0v) is 16.1. The van der Waals surface area contributed by atoms with Gasteiger partial charge in [-0.2, -0.15) is 0 Å². The van der Waals surface area contributed by atoms with E-state index in [9.17, 15) is 19.2 Å². The smallest absolute Gasteiger partial charge is 0.329 e. The van der Waals surface area contributed by atoms with E-state index < -0.39 is 29.9 Å². The molecule has 0 unspecified atom stereocenters. The second-order valence-corrected chi connectivity index (χ2v) is 7.15. The molecular weight excluding hydrogens is 372 g/mol. The predicted molar refractivity (Wildman–Crippen MR) is 104 cm³/mol. The van der Waals surface area contributed by atoms with Crippen LogP contribution in [0.3, 0.4) is 0 Å². The molecule has 29 heavy (non-hydrogen) atoms. The van der Waals surface area contributed by atoms with E-state index in [1.165, 1.54) is 13.8 Å². The highest BCUT2D eigenvalue weighted by atomic mass is 16.5. The lowest BCUT2D eigenvalue weighted by molar-refractivity contribution is -0.157. The van der Waals surface area contributed by atoms with Crippen LogP contribution in [0.25, 0.3) is 0 Å². The molecule has 2 aromatic carbocycles. The van der Waals surface area contributed by atoms with E-state index in [4.69, 9.17) is 4.74 Å². The van der Waals surface area contributed by atoms with Gasteiger partial charge in [-0.05, 0) is 44.0 Å².